The van der Waals surface area contributed by atoms with Crippen LogP contribution in [0.2, 0.25) is 0 Å². The summed E-state index contributed by atoms with van der Waals surface area (Å²) in [4.78, 5) is 17.3. The van der Waals surface area contributed by atoms with Crippen molar-refractivity contribution in [2.45, 2.75) is 44.6 Å². The van der Waals surface area contributed by atoms with E-state index in [1.807, 2.05) is 0 Å². The van der Waals surface area contributed by atoms with Gasteiger partial charge in [0.05, 0.1) is 0 Å². The summed E-state index contributed by atoms with van der Waals surface area (Å²) < 4.78 is 5.43. The molecule has 3 fully saturated rings. The summed E-state index contributed by atoms with van der Waals surface area (Å²) in [5, 5.41) is 0. The van der Waals surface area contributed by atoms with Crippen LogP contribution < -0.4 is 5.73 Å². The molecule has 142 valence electrons. The maximum atomic E-state index is 12.6. The van der Waals surface area contributed by atoms with Gasteiger partial charge in [0.25, 0.3) is 0 Å². The van der Waals surface area contributed by atoms with Crippen LogP contribution >= 0.6 is 24.8 Å². The van der Waals surface area contributed by atoms with Gasteiger partial charge in [0.1, 0.15) is 0 Å². The van der Waals surface area contributed by atoms with Crippen LogP contribution in [-0.2, 0) is 9.53 Å². The number of hydrogen-bond donors (Lipinski definition) is 1. The summed E-state index contributed by atoms with van der Waals surface area (Å²) in [5.41, 5.74) is 6.03. The molecule has 2 unspecified atom stereocenters. The first kappa shape index (κ1) is 22.0. The van der Waals surface area contributed by atoms with Gasteiger partial charge in [0, 0.05) is 57.9 Å². The molecule has 2 heterocycles. The van der Waals surface area contributed by atoms with Crippen molar-refractivity contribution in [3.05, 3.63) is 0 Å². The van der Waals surface area contributed by atoms with E-state index in [4.69, 9.17) is 10.5 Å². The van der Waals surface area contributed by atoms with Crippen LogP contribution in [0.1, 0.15) is 38.5 Å². The van der Waals surface area contributed by atoms with Crippen LogP contribution in [0, 0.1) is 11.8 Å². The van der Waals surface area contributed by atoms with Crippen molar-refractivity contribution < 1.29 is 9.53 Å². The maximum absolute atomic E-state index is 12.6. The Morgan fingerprint density at radius 2 is 1.67 bits per heavy atom. The third kappa shape index (κ3) is 6.03. The second-order valence-corrected chi connectivity index (χ2v) is 7.31. The third-order valence-corrected chi connectivity index (χ3v) is 5.61. The molecule has 7 heteroatoms. The van der Waals surface area contributed by atoms with Gasteiger partial charge in [-0.25, -0.2) is 0 Å². The predicted octanol–water partition coefficient (Wildman–Crippen LogP) is 1.92. The molecule has 0 spiro atoms. The van der Waals surface area contributed by atoms with E-state index in [1.54, 1.807) is 0 Å². The molecule has 2 saturated heterocycles. The Kier molecular flexibility index (Phi) is 9.90. The second kappa shape index (κ2) is 10.8. The summed E-state index contributed by atoms with van der Waals surface area (Å²) in [7, 11) is 0. The minimum Gasteiger partial charge on any atom is -0.381 e. The number of carbonyl (C=O) groups is 1. The highest BCUT2D eigenvalue weighted by Gasteiger charge is 2.31. The molecule has 1 amide bonds. The summed E-state index contributed by atoms with van der Waals surface area (Å²) >= 11 is 0. The van der Waals surface area contributed by atoms with Crippen LogP contribution in [0.4, 0.5) is 0 Å². The maximum Gasteiger partial charge on any atom is 0.225 e. The molecule has 0 aromatic carbocycles. The Morgan fingerprint density at radius 3 is 2.29 bits per heavy atom. The van der Waals surface area contributed by atoms with Gasteiger partial charge in [0.2, 0.25) is 5.91 Å². The minimum absolute atomic E-state index is 0. The van der Waals surface area contributed by atoms with E-state index in [0.717, 1.165) is 71.0 Å². The molecule has 0 radical (unpaired) electrons. The summed E-state index contributed by atoms with van der Waals surface area (Å²) in [6.07, 6.45) is 6.51. The van der Waals surface area contributed by atoms with Crippen LogP contribution in [0.5, 0.6) is 0 Å². The first-order valence-corrected chi connectivity index (χ1v) is 9.07. The van der Waals surface area contributed by atoms with Crippen molar-refractivity contribution in [3.63, 3.8) is 0 Å². The number of nitrogens with two attached hydrogens (primary N) is 1. The summed E-state index contributed by atoms with van der Waals surface area (Å²) in [6, 6.07) is 0.234. The van der Waals surface area contributed by atoms with Gasteiger partial charge in [-0.05, 0) is 38.0 Å². The Morgan fingerprint density at radius 1 is 1.00 bits per heavy atom. The smallest absolute Gasteiger partial charge is 0.225 e. The lowest BCUT2D eigenvalue weighted by atomic mass is 9.85. The van der Waals surface area contributed by atoms with Crippen LogP contribution in [0.15, 0.2) is 0 Å². The number of carbonyl (C=O) groups excluding carboxylic acids is 1. The number of amides is 1. The summed E-state index contributed by atoms with van der Waals surface area (Å²) in [5.74, 6) is 1.33. The first-order valence-electron chi connectivity index (χ1n) is 9.07. The van der Waals surface area contributed by atoms with Gasteiger partial charge in [0.15, 0.2) is 0 Å². The molecule has 2 N–H and O–H groups in total. The van der Waals surface area contributed by atoms with E-state index < -0.39 is 0 Å². The normalized spacial score (nSPS) is 29.5. The fraction of sp³-hybridized carbons (Fsp3) is 0.941. The molecule has 24 heavy (non-hydrogen) atoms. The van der Waals surface area contributed by atoms with Gasteiger partial charge >= 0.3 is 0 Å². The standard InChI is InChI=1S/C17H31N3O2.2ClH/c18-16-3-1-2-15(12-16)17(21)20-8-6-19(7-9-20)13-14-4-10-22-11-5-14;;/h14-16H,1-13,18H2;2*1H. The Labute approximate surface area is 158 Å². The average molecular weight is 382 g/mol. The van der Waals surface area contributed by atoms with Crippen molar-refractivity contribution >= 4 is 30.7 Å². The minimum atomic E-state index is 0. The Balaban J connectivity index is 0.00000144. The van der Waals surface area contributed by atoms with Gasteiger partial charge < -0.3 is 15.4 Å². The zero-order valence-electron chi connectivity index (χ0n) is 14.5. The van der Waals surface area contributed by atoms with E-state index in [2.05, 4.69) is 9.80 Å². The van der Waals surface area contributed by atoms with Gasteiger partial charge in [-0.1, -0.05) is 6.42 Å². The molecule has 5 nitrogen and oxygen atoms in total. The molecule has 0 bridgehead atoms. The average Bonchev–Trinajstić information content (AvgIpc) is 2.56. The van der Waals surface area contributed by atoms with E-state index in [-0.39, 0.29) is 36.8 Å². The van der Waals surface area contributed by atoms with Gasteiger partial charge in [-0.15, -0.1) is 24.8 Å². The first-order chi connectivity index (χ1) is 10.7. The van der Waals surface area contributed by atoms with Gasteiger partial charge in [-0.3, -0.25) is 9.69 Å². The fourth-order valence-electron chi connectivity index (χ4n) is 4.16. The highest BCUT2D eigenvalue weighted by Crippen LogP contribution is 2.25. The zero-order valence-corrected chi connectivity index (χ0v) is 16.2. The zero-order chi connectivity index (χ0) is 15.4. The SMILES string of the molecule is Cl.Cl.NC1CCCC(C(=O)N2CCN(CC3CCOCC3)CC2)C1. The molecule has 3 aliphatic rings. The molecular weight excluding hydrogens is 349 g/mol. The van der Waals surface area contributed by atoms with Crippen molar-refractivity contribution in [1.82, 2.24) is 9.80 Å². The molecule has 3 rings (SSSR count). The Hall–Kier alpha value is -0.0700. The third-order valence-electron chi connectivity index (χ3n) is 5.61. The molecule has 0 aromatic rings. The number of ether oxygens (including phenoxy) is 1. The van der Waals surface area contributed by atoms with Crippen molar-refractivity contribution in [2.75, 3.05) is 45.9 Å². The van der Waals surface area contributed by atoms with Crippen LogP contribution in [0.3, 0.4) is 0 Å². The molecule has 0 aromatic heterocycles. The van der Waals surface area contributed by atoms with Crippen molar-refractivity contribution in [2.24, 2.45) is 17.6 Å². The topological polar surface area (TPSA) is 58.8 Å². The monoisotopic (exact) mass is 381 g/mol. The van der Waals surface area contributed by atoms with Crippen molar-refractivity contribution in [3.8, 4) is 0 Å². The second-order valence-electron chi connectivity index (χ2n) is 7.31. The van der Waals surface area contributed by atoms with Crippen LogP contribution in [-0.4, -0.2) is 67.7 Å². The van der Waals surface area contributed by atoms with Crippen molar-refractivity contribution in [1.29, 1.82) is 0 Å². The summed E-state index contributed by atoms with van der Waals surface area (Å²) in [6.45, 7) is 6.88. The Bertz CT molecular complexity index is 373. The number of hydrogen-bond acceptors (Lipinski definition) is 4. The van der Waals surface area contributed by atoms with Crippen LogP contribution in [0.25, 0.3) is 0 Å². The lowest BCUT2D eigenvalue weighted by molar-refractivity contribution is -0.138. The lowest BCUT2D eigenvalue weighted by Crippen LogP contribution is -2.52. The molecule has 2 atom stereocenters. The molecule has 2 aliphatic heterocycles. The number of rotatable bonds is 3. The molecule has 1 saturated carbocycles. The quantitative estimate of drug-likeness (QED) is 0.810. The van der Waals surface area contributed by atoms with Gasteiger partial charge in [-0.2, -0.15) is 0 Å². The van der Waals surface area contributed by atoms with E-state index >= 15 is 0 Å². The van der Waals surface area contributed by atoms with E-state index in [0.29, 0.717) is 5.91 Å². The molecular formula is C17H33Cl2N3O2. The molecule has 1 aliphatic carbocycles. The number of halogens is 2. The highest BCUT2D eigenvalue weighted by atomic mass is 35.5. The van der Waals surface area contributed by atoms with E-state index in [9.17, 15) is 4.79 Å². The lowest BCUT2D eigenvalue weighted by Gasteiger charge is -2.39. The predicted molar refractivity (Wildman–Crippen MR) is 101 cm³/mol. The highest BCUT2D eigenvalue weighted by molar-refractivity contribution is 5.85. The number of nitrogens with zero attached hydrogens (tertiary/aromatic N) is 2. The number of piperazine rings is 1. The van der Waals surface area contributed by atoms with E-state index in [1.165, 1.54) is 19.4 Å². The largest absolute Gasteiger partial charge is 0.381 e. The fourth-order valence-corrected chi connectivity index (χ4v) is 4.16.